The van der Waals surface area contributed by atoms with Gasteiger partial charge in [-0.05, 0) is 62.1 Å². The molecule has 0 aliphatic heterocycles. The quantitative estimate of drug-likeness (QED) is 0.585. The van der Waals surface area contributed by atoms with Gasteiger partial charge in [0.25, 0.3) is 11.5 Å². The zero-order valence-electron chi connectivity index (χ0n) is 17.7. The van der Waals surface area contributed by atoms with Crippen LogP contribution in [-0.2, 0) is 6.54 Å². The van der Waals surface area contributed by atoms with Gasteiger partial charge < -0.3 is 15.4 Å². The van der Waals surface area contributed by atoms with Gasteiger partial charge in [0.2, 0.25) is 0 Å². The van der Waals surface area contributed by atoms with Crippen LogP contribution in [0.25, 0.3) is 5.69 Å². The molecule has 0 spiro atoms. The summed E-state index contributed by atoms with van der Waals surface area (Å²) in [5, 5.41) is 6.10. The molecule has 3 aromatic rings. The number of carbonyl (C=O) groups is 1. The summed E-state index contributed by atoms with van der Waals surface area (Å²) in [7, 11) is 0. The van der Waals surface area contributed by atoms with Crippen molar-refractivity contribution in [3.63, 3.8) is 0 Å². The number of aromatic nitrogens is 2. The van der Waals surface area contributed by atoms with E-state index in [1.165, 1.54) is 4.57 Å². The highest BCUT2D eigenvalue weighted by Gasteiger charge is 2.24. The molecule has 1 amide bonds. The van der Waals surface area contributed by atoms with Gasteiger partial charge in [0.1, 0.15) is 5.75 Å². The molecule has 0 bridgehead atoms. The van der Waals surface area contributed by atoms with Gasteiger partial charge in [0, 0.05) is 30.5 Å². The van der Waals surface area contributed by atoms with Gasteiger partial charge >= 0.3 is 0 Å². The summed E-state index contributed by atoms with van der Waals surface area (Å²) in [5.41, 5.74) is 2.85. The second-order valence-corrected chi connectivity index (χ2v) is 7.63. The topological polar surface area (TPSA) is 85.2 Å². The molecule has 1 aliphatic carbocycles. The maximum Gasteiger partial charge on any atom is 0.297 e. The van der Waals surface area contributed by atoms with Crippen molar-refractivity contribution in [1.29, 1.82) is 0 Å². The number of carbonyl (C=O) groups excluding carboxylic acids is 1. The van der Waals surface area contributed by atoms with Crippen molar-refractivity contribution in [3.05, 3.63) is 81.9 Å². The van der Waals surface area contributed by atoms with Crippen molar-refractivity contribution < 1.29 is 9.53 Å². The molecule has 2 aromatic carbocycles. The molecule has 160 valence electrons. The second kappa shape index (κ2) is 9.04. The summed E-state index contributed by atoms with van der Waals surface area (Å²) in [6, 6.07) is 13.4. The molecule has 1 fully saturated rings. The van der Waals surface area contributed by atoms with E-state index >= 15 is 0 Å². The van der Waals surface area contributed by atoms with Gasteiger partial charge in [-0.25, -0.2) is 4.98 Å². The Labute approximate surface area is 181 Å². The van der Waals surface area contributed by atoms with Gasteiger partial charge in [0.15, 0.2) is 5.82 Å². The Kier molecular flexibility index (Phi) is 6.02. The van der Waals surface area contributed by atoms with E-state index in [1.54, 1.807) is 24.5 Å². The fourth-order valence-electron chi connectivity index (χ4n) is 3.29. The van der Waals surface area contributed by atoms with Crippen molar-refractivity contribution in [1.82, 2.24) is 14.9 Å². The van der Waals surface area contributed by atoms with Crippen LogP contribution in [0.3, 0.4) is 0 Å². The van der Waals surface area contributed by atoms with E-state index in [-0.39, 0.29) is 23.3 Å². The lowest BCUT2D eigenvalue weighted by Crippen LogP contribution is -2.26. The highest BCUT2D eigenvalue weighted by Crippen LogP contribution is 2.21. The molecule has 2 N–H and O–H groups in total. The Balaban J connectivity index is 1.54. The molecule has 1 saturated carbocycles. The molecular formula is C24H26N4O3. The average molecular weight is 418 g/mol. The Bertz CT molecular complexity index is 1130. The van der Waals surface area contributed by atoms with Crippen LogP contribution in [0.4, 0.5) is 5.82 Å². The Hall–Kier alpha value is -3.61. The maximum absolute atomic E-state index is 13.1. The largest absolute Gasteiger partial charge is 0.494 e. The van der Waals surface area contributed by atoms with E-state index in [1.807, 2.05) is 44.2 Å². The van der Waals surface area contributed by atoms with E-state index in [0.717, 1.165) is 29.7 Å². The lowest BCUT2D eigenvalue weighted by atomic mass is 10.1. The normalized spacial score (nSPS) is 13.0. The number of benzene rings is 2. The number of ether oxygens (including phenoxy) is 1. The molecular weight excluding hydrogens is 392 g/mol. The number of anilines is 1. The van der Waals surface area contributed by atoms with E-state index in [2.05, 4.69) is 15.6 Å². The summed E-state index contributed by atoms with van der Waals surface area (Å²) in [6.07, 6.45) is 5.25. The van der Waals surface area contributed by atoms with Crippen LogP contribution < -0.4 is 20.9 Å². The molecule has 7 nitrogen and oxygen atoms in total. The molecule has 1 aliphatic rings. The van der Waals surface area contributed by atoms with E-state index < -0.39 is 0 Å². The highest BCUT2D eigenvalue weighted by molar-refractivity contribution is 5.95. The molecule has 1 heterocycles. The SMILES string of the molecule is CCOc1ccc(CNc2nccn(-c3cc(C(=O)NC4CC4)ccc3C)c2=O)cc1. The molecule has 1 aromatic heterocycles. The number of amides is 1. The van der Waals surface area contributed by atoms with Gasteiger partial charge in [-0.3, -0.25) is 14.2 Å². The van der Waals surface area contributed by atoms with Crippen LogP contribution in [0.1, 0.15) is 41.3 Å². The van der Waals surface area contributed by atoms with E-state index in [9.17, 15) is 9.59 Å². The standard InChI is InChI=1S/C24H26N4O3/c1-3-31-20-10-5-17(6-11-20)15-26-22-24(30)28(13-12-25-22)21-14-18(7-4-16(21)2)23(29)27-19-8-9-19/h4-7,10-14,19H,3,8-9,15H2,1-2H3,(H,25,26)(H,27,29). The summed E-state index contributed by atoms with van der Waals surface area (Å²) in [4.78, 5) is 29.7. The molecule has 0 atom stereocenters. The molecule has 0 unspecified atom stereocenters. The first-order valence-electron chi connectivity index (χ1n) is 10.5. The van der Waals surface area contributed by atoms with Gasteiger partial charge in [-0.2, -0.15) is 0 Å². The molecule has 7 heteroatoms. The fraction of sp³-hybridized carbons (Fsp3) is 0.292. The number of hydrogen-bond acceptors (Lipinski definition) is 5. The Morgan fingerprint density at radius 1 is 1.19 bits per heavy atom. The van der Waals surface area contributed by atoms with E-state index in [0.29, 0.717) is 24.4 Å². The maximum atomic E-state index is 13.1. The first-order chi connectivity index (χ1) is 15.0. The molecule has 31 heavy (non-hydrogen) atoms. The predicted molar refractivity (Wildman–Crippen MR) is 120 cm³/mol. The third kappa shape index (κ3) is 4.94. The minimum atomic E-state index is -0.267. The number of rotatable bonds is 8. The van der Waals surface area contributed by atoms with Crippen LogP contribution in [0, 0.1) is 6.92 Å². The monoisotopic (exact) mass is 418 g/mol. The van der Waals surface area contributed by atoms with Crippen molar-refractivity contribution >= 4 is 11.7 Å². The third-order valence-corrected chi connectivity index (χ3v) is 5.18. The zero-order chi connectivity index (χ0) is 21.8. The molecule has 4 rings (SSSR count). The van der Waals surface area contributed by atoms with E-state index in [4.69, 9.17) is 4.74 Å². The summed E-state index contributed by atoms with van der Waals surface area (Å²) in [5.74, 6) is 0.954. The van der Waals surface area contributed by atoms with Gasteiger partial charge in [0.05, 0.1) is 12.3 Å². The van der Waals surface area contributed by atoms with Crippen molar-refractivity contribution in [2.24, 2.45) is 0 Å². The highest BCUT2D eigenvalue weighted by atomic mass is 16.5. The first kappa shape index (κ1) is 20.7. The van der Waals surface area contributed by atoms with Gasteiger partial charge in [-0.15, -0.1) is 0 Å². The van der Waals surface area contributed by atoms with Crippen molar-refractivity contribution in [3.8, 4) is 11.4 Å². The Morgan fingerprint density at radius 3 is 2.68 bits per heavy atom. The van der Waals surface area contributed by atoms with Crippen LogP contribution in [0.15, 0.2) is 59.7 Å². The molecule has 0 saturated heterocycles. The van der Waals surface area contributed by atoms with Crippen LogP contribution >= 0.6 is 0 Å². The second-order valence-electron chi connectivity index (χ2n) is 7.63. The predicted octanol–water partition coefficient (Wildman–Crippen LogP) is 3.44. The number of hydrogen-bond donors (Lipinski definition) is 2. The smallest absolute Gasteiger partial charge is 0.297 e. The van der Waals surface area contributed by atoms with Crippen molar-refractivity contribution in [2.45, 2.75) is 39.3 Å². The minimum absolute atomic E-state index is 0.111. The summed E-state index contributed by atoms with van der Waals surface area (Å²) in [6.45, 7) is 4.94. The van der Waals surface area contributed by atoms with Crippen LogP contribution in [-0.4, -0.2) is 28.1 Å². The minimum Gasteiger partial charge on any atom is -0.494 e. The fourth-order valence-corrected chi connectivity index (χ4v) is 3.29. The van der Waals surface area contributed by atoms with Crippen LogP contribution in [0.2, 0.25) is 0 Å². The number of nitrogens with zero attached hydrogens (tertiary/aromatic N) is 2. The zero-order valence-corrected chi connectivity index (χ0v) is 17.7. The Morgan fingerprint density at radius 2 is 1.97 bits per heavy atom. The van der Waals surface area contributed by atoms with Crippen molar-refractivity contribution in [2.75, 3.05) is 11.9 Å². The average Bonchev–Trinajstić information content (AvgIpc) is 3.59. The lowest BCUT2D eigenvalue weighted by Gasteiger charge is -2.13. The number of nitrogens with one attached hydrogen (secondary N) is 2. The summed E-state index contributed by atoms with van der Waals surface area (Å²) < 4.78 is 6.98. The number of aryl methyl sites for hydroxylation is 1. The molecule has 0 radical (unpaired) electrons. The first-order valence-corrected chi connectivity index (χ1v) is 10.5. The lowest BCUT2D eigenvalue weighted by molar-refractivity contribution is 0.0951. The van der Waals surface area contributed by atoms with Gasteiger partial charge in [-0.1, -0.05) is 18.2 Å². The summed E-state index contributed by atoms with van der Waals surface area (Å²) >= 11 is 0. The third-order valence-electron chi connectivity index (χ3n) is 5.18. The van der Waals surface area contributed by atoms with Crippen LogP contribution in [0.5, 0.6) is 5.75 Å².